The minimum Gasteiger partial charge on any atom is -0.352 e. The van der Waals surface area contributed by atoms with Gasteiger partial charge in [-0.05, 0) is 34.5 Å². The lowest BCUT2D eigenvalue weighted by Gasteiger charge is -2.05. The molecule has 0 heterocycles. The summed E-state index contributed by atoms with van der Waals surface area (Å²) in [5.41, 5.74) is 0.261. The van der Waals surface area contributed by atoms with E-state index in [4.69, 9.17) is 11.6 Å². The van der Waals surface area contributed by atoms with Gasteiger partial charge in [0.15, 0.2) is 0 Å². The summed E-state index contributed by atoms with van der Waals surface area (Å²) in [5, 5.41) is 2.64. The minimum atomic E-state index is -0.604. The number of carbonyl (C=O) groups excluding carboxylic acids is 1. The Morgan fingerprint density at radius 2 is 2.27 bits per heavy atom. The molecule has 1 rings (SSSR count). The Morgan fingerprint density at radius 1 is 1.60 bits per heavy atom. The highest BCUT2D eigenvalue weighted by atomic mass is 79.9. The second-order valence-electron chi connectivity index (χ2n) is 3.01. The van der Waals surface area contributed by atoms with Gasteiger partial charge in [0.05, 0.1) is 5.02 Å². The van der Waals surface area contributed by atoms with Gasteiger partial charge >= 0.3 is 0 Å². The van der Waals surface area contributed by atoms with Crippen molar-refractivity contribution < 1.29 is 9.18 Å². The van der Waals surface area contributed by atoms with Crippen molar-refractivity contribution in [1.82, 2.24) is 5.32 Å². The highest BCUT2D eigenvalue weighted by Crippen LogP contribution is 2.26. The van der Waals surface area contributed by atoms with E-state index in [-0.39, 0.29) is 16.5 Å². The van der Waals surface area contributed by atoms with Gasteiger partial charge in [0.25, 0.3) is 5.91 Å². The van der Waals surface area contributed by atoms with Crippen LogP contribution in [-0.2, 0) is 0 Å². The quantitative estimate of drug-likeness (QED) is 0.851. The predicted octanol–water partition coefficient (Wildman–Crippen LogP) is 3.38. The number of halogens is 3. The van der Waals surface area contributed by atoms with E-state index < -0.39 is 5.82 Å². The lowest BCUT2D eigenvalue weighted by atomic mass is 10.2. The number of amides is 1. The van der Waals surface area contributed by atoms with Gasteiger partial charge in [0.2, 0.25) is 0 Å². The van der Waals surface area contributed by atoms with Gasteiger partial charge in [0, 0.05) is 16.6 Å². The Balaban J connectivity index is 2.91. The van der Waals surface area contributed by atoms with Gasteiger partial charge in [-0.25, -0.2) is 4.39 Å². The molecule has 82 valence electrons. The van der Waals surface area contributed by atoms with E-state index in [1.54, 1.807) is 0 Å². The van der Waals surface area contributed by atoms with E-state index in [1.165, 1.54) is 6.07 Å². The van der Waals surface area contributed by atoms with Crippen LogP contribution in [0.25, 0.3) is 0 Å². The molecular formula is C10H10BrClFNO. The topological polar surface area (TPSA) is 29.1 Å². The smallest absolute Gasteiger partial charge is 0.251 e. The van der Waals surface area contributed by atoms with Gasteiger partial charge in [-0.1, -0.05) is 18.5 Å². The summed E-state index contributed by atoms with van der Waals surface area (Å²) >= 11 is 8.69. The van der Waals surface area contributed by atoms with Gasteiger partial charge in [-0.2, -0.15) is 0 Å². The molecular weight excluding hydrogens is 284 g/mol. The van der Waals surface area contributed by atoms with Crippen LogP contribution in [0.3, 0.4) is 0 Å². The summed E-state index contributed by atoms with van der Waals surface area (Å²) in [6, 6.07) is 2.62. The fourth-order valence-corrected chi connectivity index (χ4v) is 1.57. The summed E-state index contributed by atoms with van der Waals surface area (Å²) in [5.74, 6) is -0.902. The summed E-state index contributed by atoms with van der Waals surface area (Å²) in [7, 11) is 0. The monoisotopic (exact) mass is 293 g/mol. The summed E-state index contributed by atoms with van der Waals surface area (Å²) < 4.78 is 13.6. The maximum absolute atomic E-state index is 13.2. The van der Waals surface area contributed by atoms with E-state index in [2.05, 4.69) is 21.2 Å². The van der Waals surface area contributed by atoms with Gasteiger partial charge in [-0.3, -0.25) is 4.79 Å². The number of hydrogen-bond acceptors (Lipinski definition) is 1. The standard InChI is InChI=1S/C10H10BrClFNO/c1-2-3-14-10(15)6-4-7(11)9(12)8(13)5-6/h4-5H,2-3H2,1H3,(H,14,15). The third-order valence-electron chi connectivity index (χ3n) is 1.78. The molecule has 0 aromatic heterocycles. The third kappa shape index (κ3) is 3.18. The first-order valence-corrected chi connectivity index (χ1v) is 5.66. The van der Waals surface area contributed by atoms with Crippen molar-refractivity contribution in [3.8, 4) is 0 Å². The van der Waals surface area contributed by atoms with Crippen molar-refractivity contribution >= 4 is 33.4 Å². The highest BCUT2D eigenvalue weighted by Gasteiger charge is 2.11. The van der Waals surface area contributed by atoms with Crippen LogP contribution in [0.4, 0.5) is 4.39 Å². The lowest BCUT2D eigenvalue weighted by Crippen LogP contribution is -2.24. The van der Waals surface area contributed by atoms with E-state index in [0.29, 0.717) is 11.0 Å². The minimum absolute atomic E-state index is 0.0120. The van der Waals surface area contributed by atoms with Crippen LogP contribution in [0.5, 0.6) is 0 Å². The number of nitrogens with one attached hydrogen (secondary N) is 1. The molecule has 0 bridgehead atoms. The first-order valence-electron chi connectivity index (χ1n) is 4.49. The van der Waals surface area contributed by atoms with Gasteiger partial charge in [-0.15, -0.1) is 0 Å². The Kier molecular flexibility index (Phi) is 4.54. The normalized spacial score (nSPS) is 10.1. The second-order valence-corrected chi connectivity index (χ2v) is 4.24. The molecule has 1 amide bonds. The first-order chi connectivity index (χ1) is 7.06. The molecule has 0 saturated heterocycles. The molecule has 2 nitrogen and oxygen atoms in total. The molecule has 0 unspecified atom stereocenters. The molecule has 0 atom stereocenters. The molecule has 1 aromatic rings. The van der Waals surface area contributed by atoms with Crippen molar-refractivity contribution in [2.75, 3.05) is 6.54 Å². The zero-order chi connectivity index (χ0) is 11.4. The molecule has 1 aromatic carbocycles. The van der Waals surface area contributed by atoms with Crippen LogP contribution in [-0.4, -0.2) is 12.5 Å². The van der Waals surface area contributed by atoms with E-state index >= 15 is 0 Å². The zero-order valence-corrected chi connectivity index (χ0v) is 10.5. The molecule has 0 aliphatic rings. The Hall–Kier alpha value is -0.610. The molecule has 0 radical (unpaired) electrons. The fraction of sp³-hybridized carbons (Fsp3) is 0.300. The molecule has 0 saturated carbocycles. The SMILES string of the molecule is CCCNC(=O)c1cc(F)c(Cl)c(Br)c1. The van der Waals surface area contributed by atoms with Crippen molar-refractivity contribution in [2.45, 2.75) is 13.3 Å². The van der Waals surface area contributed by atoms with Crippen molar-refractivity contribution in [2.24, 2.45) is 0 Å². The van der Waals surface area contributed by atoms with E-state index in [9.17, 15) is 9.18 Å². The molecule has 0 aliphatic carbocycles. The third-order valence-corrected chi connectivity index (χ3v) is 3.02. The van der Waals surface area contributed by atoms with E-state index in [0.717, 1.165) is 12.5 Å². The number of carbonyl (C=O) groups is 1. The summed E-state index contributed by atoms with van der Waals surface area (Å²) in [6.07, 6.45) is 0.836. The molecule has 0 spiro atoms. The molecule has 5 heteroatoms. The first kappa shape index (κ1) is 12.5. The Bertz CT molecular complexity index is 361. The lowest BCUT2D eigenvalue weighted by molar-refractivity contribution is 0.0953. The molecule has 0 aliphatic heterocycles. The van der Waals surface area contributed by atoms with Crippen LogP contribution in [0.1, 0.15) is 23.7 Å². The van der Waals surface area contributed by atoms with Crippen LogP contribution in [0, 0.1) is 5.82 Å². The largest absolute Gasteiger partial charge is 0.352 e. The fourth-order valence-electron chi connectivity index (χ4n) is 1.03. The maximum atomic E-state index is 13.2. The summed E-state index contributed by atoms with van der Waals surface area (Å²) in [4.78, 5) is 11.5. The maximum Gasteiger partial charge on any atom is 0.251 e. The van der Waals surface area contributed by atoms with Crippen molar-refractivity contribution in [3.63, 3.8) is 0 Å². The van der Waals surface area contributed by atoms with Crippen molar-refractivity contribution in [1.29, 1.82) is 0 Å². The average molecular weight is 295 g/mol. The molecule has 1 N–H and O–H groups in total. The van der Waals surface area contributed by atoms with Crippen molar-refractivity contribution in [3.05, 3.63) is 33.0 Å². The number of rotatable bonds is 3. The highest BCUT2D eigenvalue weighted by molar-refractivity contribution is 9.10. The average Bonchev–Trinajstić information content (AvgIpc) is 2.21. The van der Waals surface area contributed by atoms with Crippen LogP contribution in [0.2, 0.25) is 5.02 Å². The summed E-state index contributed by atoms with van der Waals surface area (Å²) in [6.45, 7) is 2.51. The van der Waals surface area contributed by atoms with Gasteiger partial charge in [0.1, 0.15) is 5.82 Å². The Labute approximate surface area is 101 Å². The van der Waals surface area contributed by atoms with Gasteiger partial charge < -0.3 is 5.32 Å². The molecule has 0 fully saturated rings. The molecule has 15 heavy (non-hydrogen) atoms. The van der Waals surface area contributed by atoms with Crippen LogP contribution in [0.15, 0.2) is 16.6 Å². The number of benzene rings is 1. The van der Waals surface area contributed by atoms with E-state index in [1.807, 2.05) is 6.92 Å². The Morgan fingerprint density at radius 3 is 2.80 bits per heavy atom. The number of hydrogen-bond donors (Lipinski definition) is 1. The second kappa shape index (κ2) is 5.47. The van der Waals surface area contributed by atoms with Crippen LogP contribution >= 0.6 is 27.5 Å². The zero-order valence-electron chi connectivity index (χ0n) is 8.11. The predicted molar refractivity (Wildman–Crippen MR) is 61.7 cm³/mol. The van der Waals surface area contributed by atoms with Crippen LogP contribution < -0.4 is 5.32 Å².